The van der Waals surface area contributed by atoms with E-state index in [9.17, 15) is 19.5 Å². The zero-order chi connectivity index (χ0) is 31.4. The maximum Gasteiger partial charge on any atom is 0.225 e. The molecule has 1 aromatic rings. The monoisotopic (exact) mass is 589 g/mol. The Bertz CT molecular complexity index is 968. The van der Waals surface area contributed by atoms with Gasteiger partial charge in [0.05, 0.1) is 31.0 Å². The van der Waals surface area contributed by atoms with Gasteiger partial charge in [0, 0.05) is 52.4 Å². The molecule has 8 atom stereocenters. The third-order valence-corrected chi connectivity index (χ3v) is 9.28. The molecule has 2 rings (SSSR count). The van der Waals surface area contributed by atoms with Gasteiger partial charge in [-0.2, -0.15) is 0 Å². The molecule has 0 aliphatic carbocycles. The maximum atomic E-state index is 13.3. The van der Waals surface area contributed by atoms with Crippen LogP contribution in [-0.2, 0) is 35.0 Å². The number of carbonyl (C=O) groups excluding carboxylic acids is 3. The number of amides is 1. The molecular formula is C34H55NO7. The van der Waals surface area contributed by atoms with Gasteiger partial charge in [0.25, 0.3) is 0 Å². The van der Waals surface area contributed by atoms with Gasteiger partial charge in [-0.15, -0.1) is 0 Å². The van der Waals surface area contributed by atoms with E-state index in [1.807, 2.05) is 58.2 Å². The third kappa shape index (κ3) is 9.69. The van der Waals surface area contributed by atoms with Crippen molar-refractivity contribution in [1.82, 2.24) is 4.90 Å². The number of nitrogens with zero attached hydrogens (tertiary/aromatic N) is 1. The minimum absolute atomic E-state index is 0.000181. The number of ether oxygens (including phenoxy) is 3. The summed E-state index contributed by atoms with van der Waals surface area (Å²) in [5.74, 6) is -0.152. The first-order valence-corrected chi connectivity index (χ1v) is 15.7. The summed E-state index contributed by atoms with van der Waals surface area (Å²) in [5, 5.41) is 10.2. The number of carbonyl (C=O) groups is 3. The van der Waals surface area contributed by atoms with Crippen molar-refractivity contribution < 1.29 is 33.7 Å². The number of ketones is 2. The van der Waals surface area contributed by atoms with E-state index in [0.29, 0.717) is 19.3 Å². The Morgan fingerprint density at radius 1 is 1.05 bits per heavy atom. The van der Waals surface area contributed by atoms with Crippen molar-refractivity contribution in [1.29, 1.82) is 0 Å². The predicted molar refractivity (Wildman–Crippen MR) is 164 cm³/mol. The van der Waals surface area contributed by atoms with Crippen LogP contribution in [0.5, 0.6) is 0 Å². The molecule has 1 amide bonds. The Morgan fingerprint density at radius 3 is 2.26 bits per heavy atom. The molecule has 1 aromatic carbocycles. The average Bonchev–Trinajstić information content (AvgIpc) is 3.36. The van der Waals surface area contributed by atoms with Crippen LogP contribution in [0, 0.1) is 23.7 Å². The van der Waals surface area contributed by atoms with Gasteiger partial charge in [-0.05, 0) is 36.7 Å². The van der Waals surface area contributed by atoms with Gasteiger partial charge in [-0.1, -0.05) is 71.4 Å². The maximum absolute atomic E-state index is 13.3. The van der Waals surface area contributed by atoms with Crippen molar-refractivity contribution >= 4 is 17.5 Å². The molecule has 8 heteroatoms. The molecule has 42 heavy (non-hydrogen) atoms. The van der Waals surface area contributed by atoms with E-state index in [4.69, 9.17) is 14.2 Å². The zero-order valence-corrected chi connectivity index (χ0v) is 27.1. The molecule has 1 N–H and O–H groups in total. The van der Waals surface area contributed by atoms with Gasteiger partial charge in [0.1, 0.15) is 11.9 Å². The Kier molecular flexibility index (Phi) is 15.3. The zero-order valence-electron chi connectivity index (χ0n) is 27.1. The van der Waals surface area contributed by atoms with Crippen LogP contribution in [0.3, 0.4) is 0 Å². The molecule has 8 nitrogen and oxygen atoms in total. The topological polar surface area (TPSA) is 102 Å². The van der Waals surface area contributed by atoms with Crippen molar-refractivity contribution in [3.05, 3.63) is 35.9 Å². The first-order chi connectivity index (χ1) is 20.0. The Morgan fingerprint density at radius 2 is 1.71 bits per heavy atom. The largest absolute Gasteiger partial charge is 0.396 e. The number of Topliss-reactive ketones (excluding diaryl/α,β-unsaturated/α-hetero) is 2. The first kappa shape index (κ1) is 36.1. The van der Waals surface area contributed by atoms with Crippen molar-refractivity contribution in [2.75, 3.05) is 27.9 Å². The summed E-state index contributed by atoms with van der Waals surface area (Å²) in [4.78, 5) is 41.4. The molecule has 0 bridgehead atoms. The Labute approximate surface area is 253 Å². The molecule has 1 aliphatic heterocycles. The smallest absolute Gasteiger partial charge is 0.225 e. The van der Waals surface area contributed by atoms with E-state index in [-0.39, 0.29) is 60.7 Å². The molecule has 1 aliphatic rings. The molecule has 0 spiro atoms. The van der Waals surface area contributed by atoms with Gasteiger partial charge in [0.15, 0.2) is 5.78 Å². The quantitative estimate of drug-likeness (QED) is 0.245. The van der Waals surface area contributed by atoms with E-state index in [1.165, 1.54) is 12.7 Å². The Hall–Kier alpha value is -2.13. The lowest BCUT2D eigenvalue weighted by Gasteiger charge is -2.39. The number of rotatable bonds is 19. The van der Waals surface area contributed by atoms with Crippen LogP contribution in [0.2, 0.25) is 0 Å². The van der Waals surface area contributed by atoms with Crippen molar-refractivity contribution in [3.8, 4) is 0 Å². The highest BCUT2D eigenvalue weighted by atomic mass is 16.6. The van der Waals surface area contributed by atoms with E-state index < -0.39 is 30.3 Å². The van der Waals surface area contributed by atoms with Gasteiger partial charge in [0.2, 0.25) is 5.91 Å². The van der Waals surface area contributed by atoms with Crippen molar-refractivity contribution in [2.45, 2.75) is 110 Å². The van der Waals surface area contributed by atoms with Crippen LogP contribution in [0.15, 0.2) is 30.3 Å². The average molecular weight is 590 g/mol. The number of aliphatic hydroxyl groups excluding tert-OH is 1. The second-order valence-corrected chi connectivity index (χ2v) is 12.4. The summed E-state index contributed by atoms with van der Waals surface area (Å²) in [6, 6.07) is 9.80. The van der Waals surface area contributed by atoms with E-state index in [1.54, 1.807) is 12.0 Å². The fourth-order valence-corrected chi connectivity index (χ4v) is 6.08. The second-order valence-electron chi connectivity index (χ2n) is 12.4. The number of hydrogen-bond donors (Lipinski definition) is 1. The SMILES string of the molecule is CC[C@H](C)C(C(CC(=O)CC[C@H]1OC(C(=O)CCCc2ccccc2)[C@@H](OC)[C@@H]1CO)OC)N(C)C(=O)[C@@H](C)C(C)C. The highest BCUT2D eigenvalue weighted by Crippen LogP contribution is 2.34. The summed E-state index contributed by atoms with van der Waals surface area (Å²) in [6.45, 7) is 9.99. The molecule has 1 fully saturated rings. The third-order valence-electron chi connectivity index (χ3n) is 9.28. The van der Waals surface area contributed by atoms with Gasteiger partial charge in [-0.25, -0.2) is 0 Å². The van der Waals surface area contributed by atoms with E-state index >= 15 is 0 Å². The molecule has 0 aromatic heterocycles. The van der Waals surface area contributed by atoms with E-state index in [2.05, 4.69) is 13.8 Å². The fraction of sp³-hybridized carbons (Fsp3) is 0.735. The van der Waals surface area contributed by atoms with Gasteiger partial charge < -0.3 is 24.2 Å². The highest BCUT2D eigenvalue weighted by molar-refractivity contribution is 5.84. The van der Waals surface area contributed by atoms with Crippen LogP contribution >= 0.6 is 0 Å². The molecule has 0 radical (unpaired) electrons. The summed E-state index contributed by atoms with van der Waals surface area (Å²) in [6.07, 6.45) is 1.26. The second kappa shape index (κ2) is 17.9. The number of methoxy groups -OCH3 is 2. The number of aryl methyl sites for hydroxylation is 1. The fourth-order valence-electron chi connectivity index (χ4n) is 6.08. The molecule has 3 unspecified atom stereocenters. The van der Waals surface area contributed by atoms with Crippen molar-refractivity contribution in [2.24, 2.45) is 23.7 Å². The van der Waals surface area contributed by atoms with Gasteiger partial charge in [-0.3, -0.25) is 14.4 Å². The first-order valence-electron chi connectivity index (χ1n) is 15.7. The van der Waals surface area contributed by atoms with Crippen molar-refractivity contribution in [3.63, 3.8) is 0 Å². The number of hydrogen-bond acceptors (Lipinski definition) is 7. The lowest BCUT2D eigenvalue weighted by Crippen LogP contribution is -2.51. The van der Waals surface area contributed by atoms with E-state index in [0.717, 1.165) is 12.8 Å². The summed E-state index contributed by atoms with van der Waals surface area (Å²) >= 11 is 0. The number of benzene rings is 1. The molecule has 1 heterocycles. The highest BCUT2D eigenvalue weighted by Gasteiger charge is 2.47. The summed E-state index contributed by atoms with van der Waals surface area (Å²) in [7, 11) is 4.94. The Balaban J connectivity index is 2.02. The lowest BCUT2D eigenvalue weighted by molar-refractivity contribution is -0.143. The molecular weight excluding hydrogens is 534 g/mol. The molecule has 1 saturated heterocycles. The summed E-state index contributed by atoms with van der Waals surface area (Å²) < 4.78 is 17.6. The van der Waals surface area contributed by atoms with Crippen LogP contribution in [0.4, 0.5) is 0 Å². The minimum atomic E-state index is -0.757. The predicted octanol–water partition coefficient (Wildman–Crippen LogP) is 4.89. The van der Waals surface area contributed by atoms with Crippen LogP contribution in [0.25, 0.3) is 0 Å². The summed E-state index contributed by atoms with van der Waals surface area (Å²) in [5.41, 5.74) is 1.18. The molecule has 0 saturated carbocycles. The lowest BCUT2D eigenvalue weighted by atomic mass is 9.87. The molecule has 238 valence electrons. The van der Waals surface area contributed by atoms with Crippen LogP contribution in [-0.4, -0.2) is 85.8 Å². The minimum Gasteiger partial charge on any atom is -0.396 e. The van der Waals surface area contributed by atoms with Crippen LogP contribution in [0.1, 0.15) is 78.7 Å². The van der Waals surface area contributed by atoms with Crippen LogP contribution < -0.4 is 0 Å². The standard InChI is InChI=1S/C34H55NO7/c1-9-23(4)31(35(6)34(39)24(5)22(2)3)30(40-7)20-26(37)18-19-29-27(21-36)32(41-8)33(42-29)28(38)17-13-16-25-14-11-10-12-15-25/h10-12,14-15,22-24,27,29-33,36H,9,13,16-21H2,1-8H3/t23-,24-,27+,29+,30?,31?,32-,33?/m0/s1. The van der Waals surface area contributed by atoms with Gasteiger partial charge >= 0.3 is 0 Å². The number of likely N-dealkylation sites (N-methyl/N-ethyl adjacent to an activating group) is 1. The number of aliphatic hydroxyl groups is 1. The normalized spacial score (nSPS) is 23.4.